The van der Waals surface area contributed by atoms with Gasteiger partial charge in [0.25, 0.3) is 5.91 Å². The zero-order valence-electron chi connectivity index (χ0n) is 11.1. The average molecular weight is 302 g/mol. The molecule has 0 heterocycles. The molecular weight excluding hydrogens is 288 g/mol. The molecule has 6 heteroatoms. The Bertz CT molecular complexity index is 639. The van der Waals surface area contributed by atoms with Crippen molar-refractivity contribution >= 4 is 35.0 Å². The van der Waals surface area contributed by atoms with Crippen LogP contribution in [0.5, 0.6) is 0 Å². The summed E-state index contributed by atoms with van der Waals surface area (Å²) in [6.07, 6.45) is 0. The summed E-state index contributed by atoms with van der Waals surface area (Å²) in [6.45, 7) is 0. The molecular formula is C15H14N2O3S. The number of carboxylic acids is 1. The van der Waals surface area contributed by atoms with Crippen LogP contribution < -0.4 is 11.1 Å². The van der Waals surface area contributed by atoms with Gasteiger partial charge in [0, 0.05) is 21.8 Å². The van der Waals surface area contributed by atoms with Gasteiger partial charge in [-0.3, -0.25) is 9.59 Å². The van der Waals surface area contributed by atoms with E-state index in [1.165, 1.54) is 11.8 Å². The highest BCUT2D eigenvalue weighted by atomic mass is 32.2. The number of nitrogen functional groups attached to an aromatic ring is 1. The number of carbonyl (C=O) groups is 2. The third-order valence-electron chi connectivity index (χ3n) is 2.65. The lowest BCUT2D eigenvalue weighted by atomic mass is 10.2. The number of nitrogens with one attached hydrogen (secondary N) is 1. The lowest BCUT2D eigenvalue weighted by Gasteiger charge is -2.06. The first-order valence-electron chi connectivity index (χ1n) is 6.16. The Labute approximate surface area is 126 Å². The van der Waals surface area contributed by atoms with Gasteiger partial charge >= 0.3 is 5.97 Å². The van der Waals surface area contributed by atoms with Crippen molar-refractivity contribution in [1.29, 1.82) is 0 Å². The van der Waals surface area contributed by atoms with Gasteiger partial charge in [-0.1, -0.05) is 0 Å². The normalized spacial score (nSPS) is 10.1. The van der Waals surface area contributed by atoms with E-state index < -0.39 is 5.97 Å². The summed E-state index contributed by atoms with van der Waals surface area (Å²) in [5.41, 5.74) is 7.34. The zero-order valence-corrected chi connectivity index (χ0v) is 11.9. The first kappa shape index (κ1) is 14.9. The van der Waals surface area contributed by atoms with Gasteiger partial charge in [-0.25, -0.2) is 0 Å². The lowest BCUT2D eigenvalue weighted by Crippen LogP contribution is -2.11. The second kappa shape index (κ2) is 6.81. The summed E-state index contributed by atoms with van der Waals surface area (Å²) in [7, 11) is 0. The fraction of sp³-hybridized carbons (Fsp3) is 0.0667. The highest BCUT2D eigenvalue weighted by Gasteiger charge is 2.06. The minimum Gasteiger partial charge on any atom is -0.481 e. The molecule has 2 rings (SSSR count). The van der Waals surface area contributed by atoms with Crippen molar-refractivity contribution < 1.29 is 14.7 Å². The van der Waals surface area contributed by atoms with Crippen molar-refractivity contribution in [3.05, 3.63) is 54.1 Å². The molecule has 0 radical (unpaired) electrons. The van der Waals surface area contributed by atoms with Crippen molar-refractivity contribution in [2.75, 3.05) is 16.8 Å². The molecule has 2 aromatic rings. The molecule has 21 heavy (non-hydrogen) atoms. The Morgan fingerprint density at radius 3 is 2.24 bits per heavy atom. The van der Waals surface area contributed by atoms with Gasteiger partial charge in [-0.2, -0.15) is 0 Å². The maximum Gasteiger partial charge on any atom is 0.313 e. The van der Waals surface area contributed by atoms with Gasteiger partial charge < -0.3 is 16.2 Å². The van der Waals surface area contributed by atoms with Crippen molar-refractivity contribution in [3.63, 3.8) is 0 Å². The van der Waals surface area contributed by atoms with Gasteiger partial charge in [0.15, 0.2) is 0 Å². The molecule has 0 bridgehead atoms. The van der Waals surface area contributed by atoms with Crippen LogP contribution in [-0.2, 0) is 4.79 Å². The Hall–Kier alpha value is -2.47. The van der Waals surface area contributed by atoms with Crippen LogP contribution in [-0.4, -0.2) is 22.7 Å². The van der Waals surface area contributed by atoms with Crippen molar-refractivity contribution in [2.45, 2.75) is 4.90 Å². The Balaban J connectivity index is 1.98. The Morgan fingerprint density at radius 1 is 1.05 bits per heavy atom. The van der Waals surface area contributed by atoms with Gasteiger partial charge in [-0.15, -0.1) is 11.8 Å². The van der Waals surface area contributed by atoms with Gasteiger partial charge in [0.05, 0.1) is 5.75 Å². The molecule has 0 unspecified atom stereocenters. The molecule has 5 nitrogen and oxygen atoms in total. The summed E-state index contributed by atoms with van der Waals surface area (Å²) < 4.78 is 0. The number of nitrogens with two attached hydrogens (primary N) is 1. The van der Waals surface area contributed by atoms with Crippen LogP contribution in [0.3, 0.4) is 0 Å². The Morgan fingerprint density at radius 2 is 1.67 bits per heavy atom. The predicted molar refractivity (Wildman–Crippen MR) is 83.6 cm³/mol. The number of carbonyl (C=O) groups excluding carboxylic acids is 1. The highest BCUT2D eigenvalue weighted by molar-refractivity contribution is 8.00. The van der Waals surface area contributed by atoms with E-state index >= 15 is 0 Å². The maximum atomic E-state index is 12.0. The molecule has 0 spiro atoms. The topological polar surface area (TPSA) is 92.4 Å². The van der Waals surface area contributed by atoms with Crippen molar-refractivity contribution in [2.24, 2.45) is 0 Å². The molecule has 2 aromatic carbocycles. The van der Waals surface area contributed by atoms with Crippen LogP contribution in [0.15, 0.2) is 53.4 Å². The molecule has 0 atom stereocenters. The first-order chi connectivity index (χ1) is 10.0. The van der Waals surface area contributed by atoms with E-state index in [4.69, 9.17) is 10.8 Å². The molecule has 0 aliphatic rings. The molecule has 108 valence electrons. The molecule has 1 amide bonds. The smallest absolute Gasteiger partial charge is 0.313 e. The average Bonchev–Trinajstić information content (AvgIpc) is 2.47. The van der Waals surface area contributed by atoms with E-state index in [2.05, 4.69) is 5.32 Å². The summed E-state index contributed by atoms with van der Waals surface area (Å²) in [6, 6.07) is 13.7. The largest absolute Gasteiger partial charge is 0.481 e. The van der Waals surface area contributed by atoms with Crippen LogP contribution in [0.25, 0.3) is 0 Å². The summed E-state index contributed by atoms with van der Waals surface area (Å²) in [5, 5.41) is 11.4. The van der Waals surface area contributed by atoms with E-state index in [1.54, 1.807) is 48.5 Å². The number of rotatable bonds is 5. The predicted octanol–water partition coefficient (Wildman–Crippen LogP) is 2.70. The van der Waals surface area contributed by atoms with E-state index in [1.807, 2.05) is 0 Å². The number of thioether (sulfide) groups is 1. The van der Waals surface area contributed by atoms with Crippen LogP contribution in [0.2, 0.25) is 0 Å². The molecule has 0 saturated carbocycles. The number of benzene rings is 2. The fourth-order valence-corrected chi connectivity index (χ4v) is 2.24. The molecule has 0 aliphatic carbocycles. The SMILES string of the molecule is Nc1ccc(C(=O)Nc2ccc(SCC(=O)O)cc2)cc1. The summed E-state index contributed by atoms with van der Waals surface area (Å²) in [4.78, 5) is 23.3. The van der Waals surface area contributed by atoms with Gasteiger partial charge in [-0.05, 0) is 48.5 Å². The maximum absolute atomic E-state index is 12.0. The third kappa shape index (κ3) is 4.54. The lowest BCUT2D eigenvalue weighted by molar-refractivity contribution is -0.133. The number of carboxylic acid groups (broad SMARTS) is 1. The summed E-state index contributed by atoms with van der Waals surface area (Å²) in [5.74, 6) is -1.07. The molecule has 4 N–H and O–H groups in total. The number of hydrogen-bond donors (Lipinski definition) is 3. The monoisotopic (exact) mass is 302 g/mol. The number of anilines is 2. The zero-order chi connectivity index (χ0) is 15.2. The minimum absolute atomic E-state index is 0.0111. The third-order valence-corrected chi connectivity index (χ3v) is 3.64. The molecule has 0 saturated heterocycles. The standard InChI is InChI=1S/C15H14N2O3S/c16-11-3-1-10(2-4-11)15(20)17-12-5-7-13(8-6-12)21-9-14(18)19/h1-8H,9,16H2,(H,17,20)(H,18,19). The minimum atomic E-state index is -0.860. The van der Waals surface area contributed by atoms with Crippen LogP contribution in [0.4, 0.5) is 11.4 Å². The highest BCUT2D eigenvalue weighted by Crippen LogP contribution is 2.20. The van der Waals surface area contributed by atoms with Crippen molar-refractivity contribution in [3.8, 4) is 0 Å². The van der Waals surface area contributed by atoms with Gasteiger partial charge in [0.1, 0.15) is 0 Å². The van der Waals surface area contributed by atoms with E-state index in [9.17, 15) is 9.59 Å². The van der Waals surface area contributed by atoms with E-state index in [0.29, 0.717) is 16.9 Å². The molecule has 0 aliphatic heterocycles. The van der Waals surface area contributed by atoms with E-state index in [0.717, 1.165) is 4.90 Å². The molecule has 0 fully saturated rings. The second-order valence-corrected chi connectivity index (χ2v) is 5.33. The van der Waals surface area contributed by atoms with E-state index in [-0.39, 0.29) is 11.7 Å². The van der Waals surface area contributed by atoms with Crippen LogP contribution >= 0.6 is 11.8 Å². The second-order valence-electron chi connectivity index (χ2n) is 4.28. The number of amides is 1. The fourth-order valence-electron chi connectivity index (χ4n) is 1.62. The van der Waals surface area contributed by atoms with Crippen LogP contribution in [0, 0.1) is 0 Å². The van der Waals surface area contributed by atoms with Crippen molar-refractivity contribution in [1.82, 2.24) is 0 Å². The van der Waals surface area contributed by atoms with Crippen LogP contribution in [0.1, 0.15) is 10.4 Å². The number of hydrogen-bond acceptors (Lipinski definition) is 4. The molecule has 0 aromatic heterocycles. The number of aliphatic carboxylic acids is 1. The summed E-state index contributed by atoms with van der Waals surface area (Å²) >= 11 is 1.23. The van der Waals surface area contributed by atoms with Gasteiger partial charge in [0.2, 0.25) is 0 Å². The first-order valence-corrected chi connectivity index (χ1v) is 7.15. The quantitative estimate of drug-likeness (QED) is 0.583. The Kier molecular flexibility index (Phi) is 4.84.